The fraction of sp³-hybridized carbons (Fsp3) is 0.214. The Labute approximate surface area is 119 Å². The first kappa shape index (κ1) is 13.3. The second kappa shape index (κ2) is 4.69. The molecule has 3 rings (SSSR count). The Morgan fingerprint density at radius 1 is 1.24 bits per heavy atom. The van der Waals surface area contributed by atoms with Crippen molar-refractivity contribution < 1.29 is 4.39 Å². The van der Waals surface area contributed by atoms with Crippen molar-refractivity contribution in [2.45, 2.75) is 13.8 Å². The fourth-order valence-electron chi connectivity index (χ4n) is 2.17. The topological polar surface area (TPSA) is 64.2 Å². The van der Waals surface area contributed by atoms with Crippen LogP contribution in [-0.4, -0.2) is 19.2 Å². The molecule has 6 nitrogen and oxygen atoms in total. The van der Waals surface area contributed by atoms with E-state index in [0.29, 0.717) is 17.2 Å². The van der Waals surface area contributed by atoms with Crippen LogP contribution in [0.4, 0.5) is 15.9 Å². The van der Waals surface area contributed by atoms with Gasteiger partial charge in [0.25, 0.3) is 5.78 Å². The van der Waals surface area contributed by atoms with Crippen molar-refractivity contribution in [2.75, 3.05) is 5.32 Å². The van der Waals surface area contributed by atoms with Crippen molar-refractivity contribution in [3.05, 3.63) is 51.8 Å². The van der Waals surface area contributed by atoms with Crippen LogP contribution in [0.15, 0.2) is 29.1 Å². The molecule has 1 aromatic carbocycles. The summed E-state index contributed by atoms with van der Waals surface area (Å²) in [6, 6.07) is 6.47. The third-order valence-electron chi connectivity index (χ3n) is 3.26. The zero-order chi connectivity index (χ0) is 15.1. The Bertz CT molecular complexity index is 896. The predicted molar refractivity (Wildman–Crippen MR) is 77.4 cm³/mol. The lowest BCUT2D eigenvalue weighted by Crippen LogP contribution is -2.19. The van der Waals surface area contributed by atoms with E-state index in [1.54, 1.807) is 39.1 Å². The molecule has 2 aromatic heterocycles. The average molecular weight is 287 g/mol. The minimum atomic E-state index is -0.253. The van der Waals surface area contributed by atoms with Crippen LogP contribution in [0.25, 0.3) is 5.78 Å². The second-order valence-electron chi connectivity index (χ2n) is 4.91. The molecule has 3 aromatic rings. The van der Waals surface area contributed by atoms with Crippen LogP contribution in [0.1, 0.15) is 11.3 Å². The number of nitrogens with zero attached hydrogens (tertiary/aromatic N) is 4. The maximum atomic E-state index is 13.3. The van der Waals surface area contributed by atoms with Crippen LogP contribution in [-0.2, 0) is 7.05 Å². The lowest BCUT2D eigenvalue weighted by molar-refractivity contribution is 0.619. The molecule has 7 heteroatoms. The third-order valence-corrected chi connectivity index (χ3v) is 3.26. The van der Waals surface area contributed by atoms with E-state index in [4.69, 9.17) is 0 Å². The highest BCUT2D eigenvalue weighted by Gasteiger charge is 2.10. The van der Waals surface area contributed by atoms with E-state index in [2.05, 4.69) is 15.4 Å². The zero-order valence-electron chi connectivity index (χ0n) is 11.9. The van der Waals surface area contributed by atoms with Crippen LogP contribution in [0.5, 0.6) is 0 Å². The molecule has 0 aliphatic rings. The van der Waals surface area contributed by atoms with E-state index in [1.807, 2.05) is 0 Å². The van der Waals surface area contributed by atoms with Gasteiger partial charge in [-0.2, -0.15) is 4.98 Å². The second-order valence-corrected chi connectivity index (χ2v) is 4.91. The highest BCUT2D eigenvalue weighted by atomic mass is 19.1. The van der Waals surface area contributed by atoms with Gasteiger partial charge in [-0.15, -0.1) is 5.10 Å². The van der Waals surface area contributed by atoms with E-state index in [0.717, 1.165) is 11.4 Å². The molecule has 0 atom stereocenters. The first-order valence-corrected chi connectivity index (χ1v) is 6.42. The summed E-state index contributed by atoms with van der Waals surface area (Å²) < 4.78 is 15.9. The number of hydrogen-bond acceptors (Lipinski definition) is 4. The normalized spacial score (nSPS) is 11.0. The molecule has 0 saturated heterocycles. The number of fused-ring (bicyclic) bond motifs is 1. The average Bonchev–Trinajstić information content (AvgIpc) is 2.70. The predicted octanol–water partition coefficient (Wildman–Crippen LogP) is 1.93. The first-order chi connectivity index (χ1) is 9.95. The van der Waals surface area contributed by atoms with Crippen LogP contribution >= 0.6 is 0 Å². The molecule has 0 amide bonds. The van der Waals surface area contributed by atoms with E-state index < -0.39 is 0 Å². The van der Waals surface area contributed by atoms with Crippen molar-refractivity contribution in [1.82, 2.24) is 19.2 Å². The largest absolute Gasteiger partial charge is 0.351 e. The Morgan fingerprint density at radius 3 is 2.71 bits per heavy atom. The maximum absolute atomic E-state index is 13.3. The number of benzene rings is 1. The molecule has 0 spiro atoms. The van der Waals surface area contributed by atoms with Crippen LogP contribution in [0.3, 0.4) is 0 Å². The number of halogens is 1. The molecule has 0 fully saturated rings. The molecular formula is C14H14FN5O. The molecule has 108 valence electrons. The molecule has 2 heterocycles. The minimum Gasteiger partial charge on any atom is -0.340 e. The Morgan fingerprint density at radius 2 is 2.00 bits per heavy atom. The quantitative estimate of drug-likeness (QED) is 0.782. The summed E-state index contributed by atoms with van der Waals surface area (Å²) >= 11 is 0. The van der Waals surface area contributed by atoms with Crippen LogP contribution in [0.2, 0.25) is 0 Å². The van der Waals surface area contributed by atoms with Gasteiger partial charge in [-0.25, -0.2) is 18.3 Å². The van der Waals surface area contributed by atoms with E-state index >= 15 is 0 Å². The first-order valence-electron chi connectivity index (χ1n) is 6.42. The van der Waals surface area contributed by atoms with E-state index in [1.165, 1.54) is 15.1 Å². The van der Waals surface area contributed by atoms with Gasteiger partial charge in [-0.05, 0) is 37.6 Å². The number of aromatic nitrogens is 4. The molecule has 0 aliphatic heterocycles. The molecule has 0 radical (unpaired) electrons. The number of hydrogen-bond donors (Lipinski definition) is 1. The summed E-state index contributed by atoms with van der Waals surface area (Å²) in [7, 11) is 1.58. The highest BCUT2D eigenvalue weighted by molar-refractivity contribution is 5.59. The summed E-state index contributed by atoms with van der Waals surface area (Å²) in [6.45, 7) is 3.50. The Hall–Kier alpha value is -2.70. The van der Waals surface area contributed by atoms with Crippen LogP contribution < -0.4 is 11.0 Å². The molecule has 0 bridgehead atoms. The van der Waals surface area contributed by atoms with Crippen LogP contribution in [0, 0.1) is 19.7 Å². The van der Waals surface area contributed by atoms with Gasteiger partial charge < -0.3 is 5.32 Å². The van der Waals surface area contributed by atoms with Crippen molar-refractivity contribution in [1.29, 1.82) is 0 Å². The highest BCUT2D eigenvalue weighted by Crippen LogP contribution is 2.18. The van der Waals surface area contributed by atoms with Gasteiger partial charge in [0.2, 0.25) is 0 Å². The molecule has 0 unspecified atom stereocenters. The molecule has 21 heavy (non-hydrogen) atoms. The third kappa shape index (κ3) is 2.26. The van der Waals surface area contributed by atoms with Gasteiger partial charge in [0.1, 0.15) is 11.6 Å². The van der Waals surface area contributed by atoms with Crippen molar-refractivity contribution in [3.8, 4) is 0 Å². The lowest BCUT2D eigenvalue weighted by atomic mass is 10.2. The van der Waals surface area contributed by atoms with E-state index in [-0.39, 0.29) is 11.5 Å². The van der Waals surface area contributed by atoms with Crippen molar-refractivity contribution >= 4 is 17.3 Å². The van der Waals surface area contributed by atoms with Gasteiger partial charge >= 0.3 is 5.69 Å². The number of anilines is 2. The number of nitrogens with one attached hydrogen (secondary N) is 1. The Kier molecular flexibility index (Phi) is 2.97. The van der Waals surface area contributed by atoms with Gasteiger partial charge in [0.05, 0.1) is 0 Å². The lowest BCUT2D eigenvalue weighted by Gasteiger charge is -2.08. The Balaban J connectivity index is 2.05. The van der Waals surface area contributed by atoms with Gasteiger partial charge in [0.15, 0.2) is 0 Å². The summed E-state index contributed by atoms with van der Waals surface area (Å²) in [5, 5.41) is 7.15. The van der Waals surface area contributed by atoms with Crippen molar-refractivity contribution in [2.24, 2.45) is 7.05 Å². The monoisotopic (exact) mass is 287 g/mol. The minimum absolute atomic E-state index is 0.237. The molecule has 0 aliphatic carbocycles. The molecular weight excluding hydrogens is 273 g/mol. The zero-order valence-corrected chi connectivity index (χ0v) is 11.9. The molecule has 1 N–H and O–H groups in total. The summed E-state index contributed by atoms with van der Waals surface area (Å²) in [6.07, 6.45) is 0. The van der Waals surface area contributed by atoms with Crippen molar-refractivity contribution in [3.63, 3.8) is 0 Å². The smallest absolute Gasteiger partial charge is 0.340 e. The van der Waals surface area contributed by atoms with E-state index in [9.17, 15) is 9.18 Å². The number of rotatable bonds is 2. The number of aryl methyl sites for hydroxylation is 3. The maximum Gasteiger partial charge on any atom is 0.351 e. The summed E-state index contributed by atoms with van der Waals surface area (Å²) in [4.78, 5) is 16.2. The summed E-state index contributed by atoms with van der Waals surface area (Å²) in [5.74, 6) is 0.622. The molecule has 0 saturated carbocycles. The fourth-order valence-corrected chi connectivity index (χ4v) is 2.17. The van der Waals surface area contributed by atoms with Gasteiger partial charge in [-0.1, -0.05) is 0 Å². The van der Waals surface area contributed by atoms with Gasteiger partial charge in [-0.3, -0.25) is 0 Å². The van der Waals surface area contributed by atoms with Gasteiger partial charge in [0, 0.05) is 24.5 Å². The SMILES string of the molecule is Cc1cc(Nc2cc(C)n3c(=O)n(C)nc3n2)ccc1F. The summed E-state index contributed by atoms with van der Waals surface area (Å²) in [5.41, 5.74) is 1.76. The standard InChI is InChI=1S/C14H14FN5O/c1-8-6-10(4-5-11(8)15)16-12-7-9(2)20-13(17-12)18-19(3)14(20)21/h4-7H,1-3H3,(H,16,17,18).